The van der Waals surface area contributed by atoms with E-state index < -0.39 is 0 Å². The zero-order valence-corrected chi connectivity index (χ0v) is 15.5. The molecule has 0 amide bonds. The second-order valence-electron chi connectivity index (χ2n) is 6.03. The van der Waals surface area contributed by atoms with E-state index in [1.54, 1.807) is 0 Å². The number of para-hydroxylation sites is 1. The predicted molar refractivity (Wildman–Crippen MR) is 108 cm³/mol. The van der Waals surface area contributed by atoms with Gasteiger partial charge in [-0.3, -0.25) is 4.79 Å². The highest BCUT2D eigenvalue weighted by Crippen LogP contribution is 2.34. The minimum atomic E-state index is -0.263. The van der Waals surface area contributed by atoms with Gasteiger partial charge in [0, 0.05) is 16.2 Å². The zero-order valence-electron chi connectivity index (χ0n) is 14.7. The number of esters is 1. The maximum Gasteiger partial charge on any atom is 0.316 e. The molecule has 0 spiro atoms. The van der Waals surface area contributed by atoms with Crippen molar-refractivity contribution in [3.8, 4) is 11.8 Å². The van der Waals surface area contributed by atoms with Crippen LogP contribution in [-0.4, -0.2) is 23.4 Å². The van der Waals surface area contributed by atoms with Gasteiger partial charge in [0.1, 0.15) is 0 Å². The summed E-state index contributed by atoms with van der Waals surface area (Å²) in [6.45, 7) is 0. The monoisotopic (exact) mass is 372 g/mol. The van der Waals surface area contributed by atoms with Gasteiger partial charge < -0.3 is 9.30 Å². The summed E-state index contributed by atoms with van der Waals surface area (Å²) in [4.78, 5) is 11.7. The number of ether oxygens (including phenoxy) is 1. The zero-order chi connectivity index (χ0) is 18.8. The van der Waals surface area contributed by atoms with Gasteiger partial charge in [-0.15, -0.1) is 0 Å². The summed E-state index contributed by atoms with van der Waals surface area (Å²) in [7, 11) is 1.40. The van der Waals surface area contributed by atoms with Crippen LogP contribution in [0.1, 0.15) is 5.56 Å². The molecule has 0 fully saturated rings. The number of rotatable bonds is 4. The first-order chi connectivity index (χ1) is 13.2. The van der Waals surface area contributed by atoms with Crippen LogP contribution in [-0.2, 0) is 9.53 Å². The van der Waals surface area contributed by atoms with Crippen LogP contribution in [0, 0.1) is 11.3 Å². The molecule has 4 nitrogen and oxygen atoms in total. The van der Waals surface area contributed by atoms with Crippen molar-refractivity contribution in [2.24, 2.45) is 0 Å². The Hall–Kier alpha value is -3.23. The normalized spacial score (nSPS) is 10.8. The number of carbonyl (C=O) groups is 1. The number of thioether (sulfide) groups is 1. The van der Waals surface area contributed by atoms with Gasteiger partial charge in [0.15, 0.2) is 0 Å². The first-order valence-electron chi connectivity index (χ1n) is 8.45. The van der Waals surface area contributed by atoms with Gasteiger partial charge >= 0.3 is 5.97 Å². The number of aromatic nitrogens is 1. The van der Waals surface area contributed by atoms with E-state index in [-0.39, 0.29) is 11.7 Å². The third kappa shape index (κ3) is 3.05. The smallest absolute Gasteiger partial charge is 0.316 e. The van der Waals surface area contributed by atoms with Crippen LogP contribution in [0.15, 0.2) is 71.8 Å². The lowest BCUT2D eigenvalue weighted by Crippen LogP contribution is -2.04. The Morgan fingerprint density at radius 3 is 2.59 bits per heavy atom. The number of benzene rings is 3. The average Bonchev–Trinajstić information content (AvgIpc) is 3.09. The Kier molecular flexibility index (Phi) is 4.57. The Bertz CT molecular complexity index is 1200. The van der Waals surface area contributed by atoms with Crippen molar-refractivity contribution in [3.05, 3.63) is 72.3 Å². The third-order valence-electron chi connectivity index (χ3n) is 4.51. The largest absolute Gasteiger partial charge is 0.468 e. The average molecular weight is 372 g/mol. The molecule has 0 atom stereocenters. The fourth-order valence-corrected chi connectivity index (χ4v) is 4.17. The Balaban J connectivity index is 1.97. The van der Waals surface area contributed by atoms with Crippen molar-refractivity contribution in [1.29, 1.82) is 5.26 Å². The SMILES string of the molecule is COC(=O)CSc1cc2ccccc2n1-c1ccc(C#N)c2ccccc12. The van der Waals surface area contributed by atoms with E-state index in [0.717, 1.165) is 32.4 Å². The first-order valence-corrected chi connectivity index (χ1v) is 9.44. The van der Waals surface area contributed by atoms with E-state index in [2.05, 4.69) is 28.8 Å². The van der Waals surface area contributed by atoms with E-state index in [9.17, 15) is 10.1 Å². The molecule has 0 saturated heterocycles. The summed E-state index contributed by atoms with van der Waals surface area (Å²) < 4.78 is 6.93. The van der Waals surface area contributed by atoms with Gasteiger partial charge in [0.25, 0.3) is 0 Å². The molecule has 132 valence electrons. The van der Waals surface area contributed by atoms with Crippen molar-refractivity contribution < 1.29 is 9.53 Å². The quantitative estimate of drug-likeness (QED) is 0.377. The molecule has 0 bridgehead atoms. The number of hydrogen-bond donors (Lipinski definition) is 0. The Morgan fingerprint density at radius 1 is 1.07 bits per heavy atom. The molecular weight excluding hydrogens is 356 g/mol. The number of nitrogens with zero attached hydrogens (tertiary/aromatic N) is 2. The molecule has 1 aromatic heterocycles. The lowest BCUT2D eigenvalue weighted by Gasteiger charge is -2.14. The van der Waals surface area contributed by atoms with Gasteiger partial charge in [-0.05, 0) is 24.3 Å². The summed E-state index contributed by atoms with van der Waals surface area (Å²) in [6, 6.07) is 24.2. The molecule has 0 N–H and O–H groups in total. The van der Waals surface area contributed by atoms with E-state index in [1.165, 1.54) is 18.9 Å². The van der Waals surface area contributed by atoms with E-state index >= 15 is 0 Å². The number of hydrogen-bond acceptors (Lipinski definition) is 4. The lowest BCUT2D eigenvalue weighted by atomic mass is 10.0. The molecule has 4 rings (SSSR count). The van der Waals surface area contributed by atoms with Gasteiger partial charge in [-0.2, -0.15) is 5.26 Å². The molecule has 0 saturated carbocycles. The standard InChI is InChI=1S/C22H16N2O2S/c1-26-22(25)14-27-21-12-15-6-2-5-9-19(15)24(21)20-11-10-16(13-23)17-7-3-4-8-18(17)20/h2-12H,14H2,1H3. The van der Waals surface area contributed by atoms with Crippen LogP contribution in [0.3, 0.4) is 0 Å². The van der Waals surface area contributed by atoms with Crippen molar-refractivity contribution in [1.82, 2.24) is 4.57 Å². The molecule has 1 heterocycles. The van der Waals surface area contributed by atoms with Gasteiger partial charge in [0.05, 0.1) is 40.7 Å². The molecule has 0 radical (unpaired) electrons. The summed E-state index contributed by atoms with van der Waals surface area (Å²) in [5.74, 6) is -0.0254. The molecule has 4 aromatic rings. The molecule has 0 aliphatic heterocycles. The highest BCUT2D eigenvalue weighted by molar-refractivity contribution is 7.99. The van der Waals surface area contributed by atoms with Gasteiger partial charge in [-0.1, -0.05) is 54.2 Å². The maximum atomic E-state index is 11.7. The van der Waals surface area contributed by atoms with Gasteiger partial charge in [-0.25, -0.2) is 0 Å². The van der Waals surface area contributed by atoms with Crippen LogP contribution in [0.2, 0.25) is 0 Å². The Morgan fingerprint density at radius 2 is 1.81 bits per heavy atom. The van der Waals surface area contributed by atoms with Crippen LogP contribution < -0.4 is 0 Å². The molecule has 0 unspecified atom stereocenters. The molecule has 5 heteroatoms. The number of fused-ring (bicyclic) bond motifs is 2. The summed E-state index contributed by atoms with van der Waals surface area (Å²) in [5, 5.41) is 13.4. The number of methoxy groups -OCH3 is 1. The molecule has 0 aliphatic rings. The first kappa shape index (κ1) is 17.2. The number of nitriles is 1. The maximum absolute atomic E-state index is 11.7. The molecule has 0 aliphatic carbocycles. The lowest BCUT2D eigenvalue weighted by molar-refractivity contribution is -0.137. The fraction of sp³-hybridized carbons (Fsp3) is 0.0909. The summed E-state index contributed by atoms with van der Waals surface area (Å²) >= 11 is 1.44. The minimum Gasteiger partial charge on any atom is -0.468 e. The fourth-order valence-electron chi connectivity index (χ4n) is 3.25. The van der Waals surface area contributed by atoms with E-state index in [0.29, 0.717) is 5.56 Å². The minimum absolute atomic E-state index is 0.237. The highest BCUT2D eigenvalue weighted by Gasteiger charge is 2.15. The molecule has 27 heavy (non-hydrogen) atoms. The van der Waals surface area contributed by atoms with Crippen molar-refractivity contribution in [2.75, 3.05) is 12.9 Å². The summed E-state index contributed by atoms with van der Waals surface area (Å²) in [6.07, 6.45) is 0. The van der Waals surface area contributed by atoms with Crippen LogP contribution in [0.4, 0.5) is 0 Å². The van der Waals surface area contributed by atoms with Crippen molar-refractivity contribution in [2.45, 2.75) is 5.03 Å². The van der Waals surface area contributed by atoms with E-state index in [4.69, 9.17) is 4.74 Å². The second-order valence-corrected chi connectivity index (χ2v) is 7.03. The highest BCUT2D eigenvalue weighted by atomic mass is 32.2. The Labute approximate surface area is 161 Å². The van der Waals surface area contributed by atoms with Crippen LogP contribution in [0.25, 0.3) is 27.4 Å². The third-order valence-corrected chi connectivity index (χ3v) is 5.48. The predicted octanol–water partition coefficient (Wildman–Crippen LogP) is 4.92. The summed E-state index contributed by atoms with van der Waals surface area (Å²) in [5.41, 5.74) is 2.69. The second kappa shape index (κ2) is 7.18. The van der Waals surface area contributed by atoms with Crippen molar-refractivity contribution in [3.63, 3.8) is 0 Å². The van der Waals surface area contributed by atoms with Crippen LogP contribution >= 0.6 is 11.8 Å². The van der Waals surface area contributed by atoms with Gasteiger partial charge in [0.2, 0.25) is 0 Å². The molecular formula is C22H16N2O2S. The molecule has 3 aromatic carbocycles. The topological polar surface area (TPSA) is 55.0 Å². The van der Waals surface area contributed by atoms with Crippen LogP contribution in [0.5, 0.6) is 0 Å². The van der Waals surface area contributed by atoms with E-state index in [1.807, 2.05) is 48.5 Å². The van der Waals surface area contributed by atoms with Crippen molar-refractivity contribution >= 4 is 39.4 Å². The number of carbonyl (C=O) groups excluding carboxylic acids is 1.